The van der Waals surface area contributed by atoms with Gasteiger partial charge in [0.25, 0.3) is 0 Å². The zero-order valence-electron chi connectivity index (χ0n) is 10.2. The van der Waals surface area contributed by atoms with E-state index in [0.29, 0.717) is 12.1 Å². The molecule has 4 nitrogen and oxygen atoms in total. The van der Waals surface area contributed by atoms with Crippen LogP contribution in [0.4, 0.5) is 5.69 Å². The van der Waals surface area contributed by atoms with E-state index < -0.39 is 6.10 Å². The SMILES string of the molecule is COc1cccc(C(O)Cc2cnccc2N)c1. The van der Waals surface area contributed by atoms with Gasteiger partial charge in [0.15, 0.2) is 0 Å². The summed E-state index contributed by atoms with van der Waals surface area (Å²) >= 11 is 0. The standard InChI is InChI=1S/C14H16N2O2/c1-18-12-4-2-3-10(7-12)14(17)8-11-9-16-6-5-13(11)15/h2-7,9,14,17H,8H2,1H3,(H2,15,16). The number of aliphatic hydroxyl groups excluding tert-OH is 1. The van der Waals surface area contributed by atoms with Crippen LogP contribution in [0, 0.1) is 0 Å². The Morgan fingerprint density at radius 1 is 1.39 bits per heavy atom. The second kappa shape index (κ2) is 5.51. The van der Waals surface area contributed by atoms with Gasteiger partial charge in [-0.3, -0.25) is 4.98 Å². The monoisotopic (exact) mass is 244 g/mol. The predicted molar refractivity (Wildman–Crippen MR) is 70.3 cm³/mol. The lowest BCUT2D eigenvalue weighted by Gasteiger charge is -2.13. The molecule has 2 rings (SSSR count). The van der Waals surface area contributed by atoms with E-state index in [9.17, 15) is 5.11 Å². The van der Waals surface area contributed by atoms with Crippen molar-refractivity contribution in [3.63, 3.8) is 0 Å². The molecule has 0 radical (unpaired) electrons. The summed E-state index contributed by atoms with van der Waals surface area (Å²) < 4.78 is 5.13. The van der Waals surface area contributed by atoms with Crippen molar-refractivity contribution in [1.82, 2.24) is 4.98 Å². The highest BCUT2D eigenvalue weighted by atomic mass is 16.5. The molecular weight excluding hydrogens is 228 g/mol. The van der Waals surface area contributed by atoms with Gasteiger partial charge in [0.1, 0.15) is 5.75 Å². The first-order valence-corrected chi connectivity index (χ1v) is 5.71. The molecule has 18 heavy (non-hydrogen) atoms. The number of aliphatic hydroxyl groups is 1. The fourth-order valence-electron chi connectivity index (χ4n) is 1.78. The quantitative estimate of drug-likeness (QED) is 0.862. The fourth-order valence-corrected chi connectivity index (χ4v) is 1.78. The van der Waals surface area contributed by atoms with Crippen LogP contribution in [0.1, 0.15) is 17.2 Å². The van der Waals surface area contributed by atoms with Crippen LogP contribution in [0.2, 0.25) is 0 Å². The Morgan fingerprint density at radius 3 is 2.94 bits per heavy atom. The number of hydrogen-bond acceptors (Lipinski definition) is 4. The molecule has 0 saturated carbocycles. The first-order chi connectivity index (χ1) is 8.70. The summed E-state index contributed by atoms with van der Waals surface area (Å²) in [6.07, 6.45) is 3.13. The number of aromatic nitrogens is 1. The summed E-state index contributed by atoms with van der Waals surface area (Å²) in [4.78, 5) is 4.01. The average Bonchev–Trinajstić information content (AvgIpc) is 2.41. The number of pyridine rings is 1. The van der Waals surface area contributed by atoms with E-state index in [0.717, 1.165) is 16.9 Å². The zero-order chi connectivity index (χ0) is 13.0. The van der Waals surface area contributed by atoms with Crippen LogP contribution < -0.4 is 10.5 Å². The second-order valence-corrected chi connectivity index (χ2v) is 4.07. The van der Waals surface area contributed by atoms with Gasteiger partial charge in [0.2, 0.25) is 0 Å². The number of methoxy groups -OCH3 is 1. The van der Waals surface area contributed by atoms with Crippen molar-refractivity contribution >= 4 is 5.69 Å². The maximum atomic E-state index is 10.2. The number of rotatable bonds is 4. The normalized spacial score (nSPS) is 12.1. The Hall–Kier alpha value is -2.07. The van der Waals surface area contributed by atoms with Gasteiger partial charge in [-0.1, -0.05) is 12.1 Å². The molecule has 1 unspecified atom stereocenters. The highest BCUT2D eigenvalue weighted by Gasteiger charge is 2.11. The van der Waals surface area contributed by atoms with Gasteiger partial charge in [0, 0.05) is 24.5 Å². The number of nitrogen functional groups attached to an aromatic ring is 1. The van der Waals surface area contributed by atoms with Gasteiger partial charge in [-0.2, -0.15) is 0 Å². The van der Waals surface area contributed by atoms with Gasteiger partial charge in [-0.15, -0.1) is 0 Å². The Morgan fingerprint density at radius 2 is 2.22 bits per heavy atom. The van der Waals surface area contributed by atoms with Crippen molar-refractivity contribution in [2.75, 3.05) is 12.8 Å². The third kappa shape index (κ3) is 2.78. The number of benzene rings is 1. The Kier molecular flexibility index (Phi) is 3.79. The second-order valence-electron chi connectivity index (χ2n) is 4.07. The highest BCUT2D eigenvalue weighted by Crippen LogP contribution is 2.23. The first kappa shape index (κ1) is 12.4. The molecule has 0 saturated heterocycles. The Labute approximate surface area is 106 Å². The van der Waals surface area contributed by atoms with Gasteiger partial charge in [-0.25, -0.2) is 0 Å². The molecule has 1 atom stereocenters. The molecule has 0 aliphatic rings. The third-order valence-electron chi connectivity index (χ3n) is 2.83. The molecule has 0 fully saturated rings. The minimum absolute atomic E-state index is 0.437. The van der Waals surface area contributed by atoms with Crippen LogP contribution in [0.25, 0.3) is 0 Å². The van der Waals surface area contributed by atoms with Crippen molar-refractivity contribution in [3.8, 4) is 5.75 Å². The minimum atomic E-state index is -0.619. The molecular formula is C14H16N2O2. The van der Waals surface area contributed by atoms with E-state index in [1.807, 2.05) is 24.3 Å². The molecule has 0 aliphatic heterocycles. The van der Waals surface area contributed by atoms with Gasteiger partial charge in [-0.05, 0) is 29.3 Å². The van der Waals surface area contributed by atoms with Crippen molar-refractivity contribution < 1.29 is 9.84 Å². The smallest absolute Gasteiger partial charge is 0.119 e. The van der Waals surface area contributed by atoms with Crippen LogP contribution >= 0.6 is 0 Å². The molecule has 2 aromatic rings. The number of nitrogens with two attached hydrogens (primary N) is 1. The Bertz CT molecular complexity index is 529. The molecule has 94 valence electrons. The molecule has 1 aromatic carbocycles. The van der Waals surface area contributed by atoms with Crippen molar-refractivity contribution in [2.24, 2.45) is 0 Å². The topological polar surface area (TPSA) is 68.4 Å². The van der Waals surface area contributed by atoms with Crippen molar-refractivity contribution in [1.29, 1.82) is 0 Å². The van der Waals surface area contributed by atoms with Gasteiger partial charge < -0.3 is 15.6 Å². The maximum absolute atomic E-state index is 10.2. The van der Waals surface area contributed by atoms with Gasteiger partial charge >= 0.3 is 0 Å². The van der Waals surface area contributed by atoms with Crippen LogP contribution in [-0.2, 0) is 6.42 Å². The number of hydrogen-bond donors (Lipinski definition) is 2. The van der Waals surface area contributed by atoms with Crippen LogP contribution in [-0.4, -0.2) is 17.2 Å². The third-order valence-corrected chi connectivity index (χ3v) is 2.83. The maximum Gasteiger partial charge on any atom is 0.119 e. The molecule has 0 bridgehead atoms. The molecule has 4 heteroatoms. The van der Waals surface area contributed by atoms with E-state index in [4.69, 9.17) is 10.5 Å². The average molecular weight is 244 g/mol. The summed E-state index contributed by atoms with van der Waals surface area (Å²) in [6, 6.07) is 9.10. The number of anilines is 1. The van der Waals surface area contributed by atoms with E-state index >= 15 is 0 Å². The van der Waals surface area contributed by atoms with Crippen LogP contribution in [0.5, 0.6) is 5.75 Å². The molecule has 1 heterocycles. The lowest BCUT2D eigenvalue weighted by atomic mass is 10.0. The van der Waals surface area contributed by atoms with E-state index in [-0.39, 0.29) is 0 Å². The summed E-state index contributed by atoms with van der Waals surface area (Å²) in [5, 5.41) is 10.2. The van der Waals surface area contributed by atoms with E-state index in [1.165, 1.54) is 0 Å². The molecule has 0 spiro atoms. The summed E-state index contributed by atoms with van der Waals surface area (Å²) in [5.74, 6) is 0.728. The lowest BCUT2D eigenvalue weighted by molar-refractivity contribution is 0.178. The van der Waals surface area contributed by atoms with E-state index in [2.05, 4.69) is 4.98 Å². The summed E-state index contributed by atoms with van der Waals surface area (Å²) in [7, 11) is 1.60. The van der Waals surface area contributed by atoms with Crippen molar-refractivity contribution in [3.05, 3.63) is 53.9 Å². The lowest BCUT2D eigenvalue weighted by Crippen LogP contribution is -2.05. The minimum Gasteiger partial charge on any atom is -0.497 e. The van der Waals surface area contributed by atoms with Crippen LogP contribution in [0.15, 0.2) is 42.7 Å². The fraction of sp³-hybridized carbons (Fsp3) is 0.214. The summed E-state index contributed by atoms with van der Waals surface area (Å²) in [5.41, 5.74) is 8.12. The van der Waals surface area contributed by atoms with Crippen molar-refractivity contribution in [2.45, 2.75) is 12.5 Å². The zero-order valence-corrected chi connectivity index (χ0v) is 10.2. The number of ether oxygens (including phenoxy) is 1. The van der Waals surface area contributed by atoms with Gasteiger partial charge in [0.05, 0.1) is 13.2 Å². The molecule has 1 aromatic heterocycles. The Balaban J connectivity index is 2.16. The molecule has 3 N–H and O–H groups in total. The van der Waals surface area contributed by atoms with E-state index in [1.54, 1.807) is 25.6 Å². The highest BCUT2D eigenvalue weighted by molar-refractivity contribution is 5.45. The molecule has 0 aliphatic carbocycles. The predicted octanol–water partition coefficient (Wildman–Crippen LogP) is 1.95. The molecule has 0 amide bonds. The largest absolute Gasteiger partial charge is 0.497 e. The summed E-state index contributed by atoms with van der Waals surface area (Å²) in [6.45, 7) is 0. The van der Waals surface area contributed by atoms with Crippen LogP contribution in [0.3, 0.4) is 0 Å². The first-order valence-electron chi connectivity index (χ1n) is 5.71. The number of nitrogens with zero attached hydrogens (tertiary/aromatic N) is 1.